The van der Waals surface area contributed by atoms with E-state index in [2.05, 4.69) is 9.71 Å². The van der Waals surface area contributed by atoms with Crippen molar-refractivity contribution in [2.24, 2.45) is 0 Å². The van der Waals surface area contributed by atoms with Gasteiger partial charge in [0.25, 0.3) is 0 Å². The van der Waals surface area contributed by atoms with E-state index >= 15 is 0 Å². The molecule has 0 saturated carbocycles. The number of hydrogen-bond acceptors (Lipinski definition) is 4. The van der Waals surface area contributed by atoms with Crippen LogP contribution in [0, 0.1) is 0 Å². The summed E-state index contributed by atoms with van der Waals surface area (Å²) in [5, 5.41) is 2.59. The Labute approximate surface area is 75.7 Å². The summed E-state index contributed by atoms with van der Waals surface area (Å²) in [6.45, 7) is 1.76. The van der Waals surface area contributed by atoms with E-state index in [-0.39, 0.29) is 6.04 Å². The van der Waals surface area contributed by atoms with Gasteiger partial charge >= 0.3 is 0 Å². The van der Waals surface area contributed by atoms with Gasteiger partial charge in [0.05, 0.1) is 12.3 Å². The Kier molecular flexibility index (Phi) is 2.81. The zero-order chi connectivity index (χ0) is 9.19. The smallest absolute Gasteiger partial charge is 0.209 e. The summed E-state index contributed by atoms with van der Waals surface area (Å²) >= 11 is 1.43. The zero-order valence-electron chi connectivity index (χ0n) is 6.81. The molecule has 1 rings (SSSR count). The average molecular weight is 206 g/mol. The Bertz CT molecular complexity index is 330. The van der Waals surface area contributed by atoms with Crippen molar-refractivity contribution in [2.45, 2.75) is 13.0 Å². The third-order valence-corrected chi connectivity index (χ3v) is 2.95. The predicted octanol–water partition coefficient (Wildman–Crippen LogP) is 0.753. The first kappa shape index (κ1) is 9.63. The Morgan fingerprint density at radius 1 is 1.67 bits per heavy atom. The highest BCUT2D eigenvalue weighted by molar-refractivity contribution is 7.88. The van der Waals surface area contributed by atoms with Gasteiger partial charge in [0.15, 0.2) is 0 Å². The van der Waals surface area contributed by atoms with E-state index in [1.54, 1.807) is 13.1 Å². The molecular weight excluding hydrogens is 196 g/mol. The van der Waals surface area contributed by atoms with Crippen molar-refractivity contribution in [2.75, 3.05) is 6.26 Å². The SMILES string of the molecule is CC(NS(C)(=O)=O)c1nccs1. The highest BCUT2D eigenvalue weighted by Gasteiger charge is 2.12. The summed E-state index contributed by atoms with van der Waals surface area (Å²) in [5.74, 6) is 0. The molecule has 0 fully saturated rings. The topological polar surface area (TPSA) is 59.1 Å². The maximum Gasteiger partial charge on any atom is 0.209 e. The van der Waals surface area contributed by atoms with Crippen LogP contribution in [0.5, 0.6) is 0 Å². The van der Waals surface area contributed by atoms with Crippen molar-refractivity contribution < 1.29 is 8.42 Å². The Balaban J connectivity index is 2.68. The molecule has 0 spiro atoms. The number of hydrogen-bond donors (Lipinski definition) is 1. The van der Waals surface area contributed by atoms with Crippen LogP contribution in [0.15, 0.2) is 11.6 Å². The highest BCUT2D eigenvalue weighted by atomic mass is 32.2. The van der Waals surface area contributed by atoms with Gasteiger partial charge in [0.1, 0.15) is 5.01 Å². The average Bonchev–Trinajstić information content (AvgIpc) is 2.32. The fourth-order valence-corrected chi connectivity index (χ4v) is 2.29. The van der Waals surface area contributed by atoms with Gasteiger partial charge in [-0.2, -0.15) is 0 Å². The van der Waals surface area contributed by atoms with Gasteiger partial charge in [0.2, 0.25) is 10.0 Å². The molecule has 0 aliphatic carbocycles. The number of aromatic nitrogens is 1. The van der Waals surface area contributed by atoms with Gasteiger partial charge < -0.3 is 0 Å². The largest absolute Gasteiger partial charge is 0.248 e. The second kappa shape index (κ2) is 3.51. The minimum Gasteiger partial charge on any atom is -0.248 e. The zero-order valence-corrected chi connectivity index (χ0v) is 8.45. The van der Waals surface area contributed by atoms with E-state index in [1.165, 1.54) is 11.3 Å². The predicted molar refractivity (Wildman–Crippen MR) is 48.5 cm³/mol. The minimum atomic E-state index is -3.13. The second-order valence-corrected chi connectivity index (χ2v) is 5.19. The lowest BCUT2D eigenvalue weighted by molar-refractivity contribution is 0.572. The van der Waals surface area contributed by atoms with Gasteiger partial charge in [0, 0.05) is 11.6 Å². The molecule has 1 aromatic rings. The molecule has 68 valence electrons. The van der Waals surface area contributed by atoms with Crippen molar-refractivity contribution in [1.29, 1.82) is 0 Å². The summed E-state index contributed by atoms with van der Waals surface area (Å²) in [6.07, 6.45) is 2.79. The molecule has 0 saturated heterocycles. The highest BCUT2D eigenvalue weighted by Crippen LogP contribution is 2.14. The van der Waals surface area contributed by atoms with E-state index in [9.17, 15) is 8.42 Å². The van der Waals surface area contributed by atoms with Crippen LogP contribution in [-0.2, 0) is 10.0 Å². The molecule has 1 heterocycles. The van der Waals surface area contributed by atoms with E-state index < -0.39 is 10.0 Å². The van der Waals surface area contributed by atoms with Crippen molar-refractivity contribution in [1.82, 2.24) is 9.71 Å². The summed E-state index contributed by atoms with van der Waals surface area (Å²) in [7, 11) is -3.13. The number of nitrogens with zero attached hydrogens (tertiary/aromatic N) is 1. The van der Waals surface area contributed by atoms with Crippen LogP contribution in [-0.4, -0.2) is 19.7 Å². The molecule has 0 aromatic carbocycles. The first-order chi connectivity index (χ1) is 5.49. The summed E-state index contributed by atoms with van der Waals surface area (Å²) < 4.78 is 24.0. The molecule has 1 unspecified atom stereocenters. The summed E-state index contributed by atoms with van der Waals surface area (Å²) in [4.78, 5) is 3.99. The standard InChI is InChI=1S/C6H10N2O2S2/c1-5(8-12(2,9)10)6-7-3-4-11-6/h3-5,8H,1-2H3. The van der Waals surface area contributed by atoms with Crippen molar-refractivity contribution >= 4 is 21.4 Å². The van der Waals surface area contributed by atoms with Crippen molar-refractivity contribution in [3.05, 3.63) is 16.6 Å². The van der Waals surface area contributed by atoms with Crippen molar-refractivity contribution in [3.8, 4) is 0 Å². The van der Waals surface area contributed by atoms with Crippen LogP contribution >= 0.6 is 11.3 Å². The molecule has 4 nitrogen and oxygen atoms in total. The Morgan fingerprint density at radius 2 is 2.33 bits per heavy atom. The van der Waals surface area contributed by atoms with Crippen LogP contribution in [0.1, 0.15) is 18.0 Å². The quantitative estimate of drug-likeness (QED) is 0.794. The molecule has 0 amide bonds. The minimum absolute atomic E-state index is 0.236. The molecule has 0 radical (unpaired) electrons. The maximum atomic E-state index is 10.8. The lowest BCUT2D eigenvalue weighted by atomic mass is 10.4. The monoisotopic (exact) mass is 206 g/mol. The van der Waals surface area contributed by atoms with Gasteiger partial charge in [-0.3, -0.25) is 0 Å². The molecule has 1 aromatic heterocycles. The van der Waals surface area contributed by atoms with Crippen molar-refractivity contribution in [3.63, 3.8) is 0 Å². The van der Waals surface area contributed by atoms with Gasteiger partial charge in [-0.05, 0) is 6.92 Å². The number of thiazole rings is 1. The number of rotatable bonds is 3. The molecule has 1 atom stereocenters. The van der Waals surface area contributed by atoms with Crippen LogP contribution < -0.4 is 4.72 Å². The fraction of sp³-hybridized carbons (Fsp3) is 0.500. The summed E-state index contributed by atoms with van der Waals surface area (Å²) in [5.41, 5.74) is 0. The van der Waals surface area contributed by atoms with Crippen LogP contribution in [0.4, 0.5) is 0 Å². The van der Waals surface area contributed by atoms with Gasteiger partial charge in [-0.15, -0.1) is 11.3 Å². The van der Waals surface area contributed by atoms with E-state index in [1.807, 2.05) is 5.38 Å². The molecule has 0 aliphatic heterocycles. The number of nitrogens with one attached hydrogen (secondary N) is 1. The maximum absolute atomic E-state index is 10.8. The van der Waals surface area contributed by atoms with E-state index in [4.69, 9.17) is 0 Å². The van der Waals surface area contributed by atoms with Crippen LogP contribution in [0.2, 0.25) is 0 Å². The molecule has 0 aliphatic rings. The second-order valence-electron chi connectivity index (χ2n) is 2.48. The number of sulfonamides is 1. The molecule has 6 heteroatoms. The molecule has 12 heavy (non-hydrogen) atoms. The van der Waals surface area contributed by atoms with Gasteiger partial charge in [-0.25, -0.2) is 18.1 Å². The first-order valence-corrected chi connectivity index (χ1v) is 6.13. The molecule has 0 bridgehead atoms. The lowest BCUT2D eigenvalue weighted by Crippen LogP contribution is -2.25. The van der Waals surface area contributed by atoms with Gasteiger partial charge in [-0.1, -0.05) is 0 Å². The van der Waals surface area contributed by atoms with E-state index in [0.717, 1.165) is 11.3 Å². The third-order valence-electron chi connectivity index (χ3n) is 1.21. The first-order valence-electron chi connectivity index (χ1n) is 3.36. The third kappa shape index (κ3) is 2.88. The Hall–Kier alpha value is -0.460. The van der Waals surface area contributed by atoms with Crippen LogP contribution in [0.25, 0.3) is 0 Å². The van der Waals surface area contributed by atoms with E-state index in [0.29, 0.717) is 0 Å². The molecular formula is C6H10N2O2S2. The fourth-order valence-electron chi connectivity index (χ4n) is 0.820. The summed E-state index contributed by atoms with van der Waals surface area (Å²) in [6, 6.07) is -0.236. The molecule has 1 N–H and O–H groups in total. The Morgan fingerprint density at radius 3 is 2.75 bits per heavy atom. The van der Waals surface area contributed by atoms with Crippen LogP contribution in [0.3, 0.4) is 0 Å². The normalized spacial score (nSPS) is 14.5. The lowest BCUT2D eigenvalue weighted by Gasteiger charge is -2.07.